The summed E-state index contributed by atoms with van der Waals surface area (Å²) in [6.45, 7) is 12.6. The predicted octanol–water partition coefficient (Wildman–Crippen LogP) is 4.12. The van der Waals surface area contributed by atoms with Crippen molar-refractivity contribution in [1.29, 1.82) is 0 Å². The highest BCUT2D eigenvalue weighted by molar-refractivity contribution is 7.99. The summed E-state index contributed by atoms with van der Waals surface area (Å²) >= 11 is 2.72. The van der Waals surface area contributed by atoms with Crippen molar-refractivity contribution in [2.45, 2.75) is 38.9 Å². The Hall–Kier alpha value is -2.72. The van der Waals surface area contributed by atoms with E-state index < -0.39 is 0 Å². The van der Waals surface area contributed by atoms with Crippen LogP contribution in [0.3, 0.4) is 0 Å². The van der Waals surface area contributed by atoms with Gasteiger partial charge in [0.25, 0.3) is 0 Å². The number of nitrogens with one attached hydrogen (secondary N) is 1. The van der Waals surface area contributed by atoms with Crippen LogP contribution >= 0.6 is 23.1 Å². The molecule has 0 fully saturated rings. The van der Waals surface area contributed by atoms with E-state index in [0.717, 1.165) is 35.9 Å². The molecule has 1 N–H and O–H groups in total. The number of allylic oxidation sites excluding steroid dienone is 1. The van der Waals surface area contributed by atoms with Gasteiger partial charge in [0, 0.05) is 30.9 Å². The van der Waals surface area contributed by atoms with E-state index >= 15 is 0 Å². The summed E-state index contributed by atoms with van der Waals surface area (Å²) in [7, 11) is 0. The summed E-state index contributed by atoms with van der Waals surface area (Å²) in [6.07, 6.45) is 2.60. The van der Waals surface area contributed by atoms with Crippen molar-refractivity contribution in [3.05, 3.63) is 41.9 Å². The minimum absolute atomic E-state index is 0.151. The molecule has 164 valence electrons. The molecule has 0 saturated carbocycles. The van der Waals surface area contributed by atoms with Crippen molar-refractivity contribution < 1.29 is 4.79 Å². The van der Waals surface area contributed by atoms with E-state index in [2.05, 4.69) is 75.3 Å². The van der Waals surface area contributed by atoms with E-state index in [9.17, 15) is 4.79 Å². The lowest BCUT2D eigenvalue weighted by atomic mass is 10.2. The first kappa shape index (κ1) is 23.0. The van der Waals surface area contributed by atoms with Crippen molar-refractivity contribution >= 4 is 39.8 Å². The minimum atomic E-state index is -0.151. The Morgan fingerprint density at radius 3 is 2.52 bits per heavy atom. The van der Waals surface area contributed by atoms with Gasteiger partial charge in [-0.2, -0.15) is 0 Å². The van der Waals surface area contributed by atoms with Crippen molar-refractivity contribution in [3.8, 4) is 11.4 Å². The second-order valence-electron chi connectivity index (χ2n) is 6.62. The van der Waals surface area contributed by atoms with Crippen LogP contribution in [0.1, 0.15) is 25.8 Å². The summed E-state index contributed by atoms with van der Waals surface area (Å²) in [4.78, 5) is 14.6. The average Bonchev–Trinajstić information content (AvgIpc) is 3.41. The van der Waals surface area contributed by atoms with Crippen LogP contribution < -0.4 is 10.2 Å². The van der Waals surface area contributed by atoms with Crippen LogP contribution in [-0.2, 0) is 17.8 Å². The number of carbonyl (C=O) groups is 1. The number of amides is 1. The van der Waals surface area contributed by atoms with Crippen LogP contribution in [0.2, 0.25) is 0 Å². The number of carbonyl (C=O) groups excluding carboxylic acids is 1. The maximum absolute atomic E-state index is 12.3. The molecular weight excluding hydrogens is 430 g/mol. The number of hydrogen-bond acceptors (Lipinski definition) is 8. The number of benzene rings is 1. The number of anilines is 2. The Kier molecular flexibility index (Phi) is 8.19. The highest BCUT2D eigenvalue weighted by Gasteiger charge is 2.16. The van der Waals surface area contributed by atoms with Gasteiger partial charge in [-0.1, -0.05) is 36.1 Å². The van der Waals surface area contributed by atoms with Gasteiger partial charge in [-0.25, -0.2) is 0 Å². The molecule has 0 spiro atoms. The molecule has 0 aliphatic heterocycles. The SMILES string of the molecule is C=CCn1c(SCC(=O)Nc2nnc(CC)s2)nnc1-c1ccc(N(CC)CC)cc1. The first-order valence-electron chi connectivity index (χ1n) is 10.2. The molecule has 0 radical (unpaired) electrons. The lowest BCUT2D eigenvalue weighted by Crippen LogP contribution is -2.21. The van der Waals surface area contributed by atoms with E-state index in [1.807, 2.05) is 11.5 Å². The first-order chi connectivity index (χ1) is 15.1. The molecule has 2 aromatic heterocycles. The largest absolute Gasteiger partial charge is 0.372 e. The number of thioether (sulfide) groups is 1. The molecule has 0 aliphatic carbocycles. The summed E-state index contributed by atoms with van der Waals surface area (Å²) in [6, 6.07) is 8.31. The second-order valence-corrected chi connectivity index (χ2v) is 8.62. The standard InChI is InChI=1S/C21H27N7OS2/c1-5-13-28-19(15-9-11-16(12-10-15)27(7-3)8-4)24-26-21(28)30-14-17(29)22-20-25-23-18(6-2)31-20/h5,9-12H,1,6-8,13-14H2,2-4H3,(H,22,25,29). The third kappa shape index (κ3) is 5.71. The zero-order valence-corrected chi connectivity index (χ0v) is 19.7. The fourth-order valence-corrected chi connectivity index (χ4v) is 4.49. The molecule has 1 aromatic carbocycles. The van der Waals surface area contributed by atoms with Crippen molar-refractivity contribution in [2.75, 3.05) is 29.1 Å². The van der Waals surface area contributed by atoms with Crippen LogP contribution in [0.5, 0.6) is 0 Å². The number of rotatable bonds is 11. The predicted molar refractivity (Wildman–Crippen MR) is 128 cm³/mol. The molecule has 10 heteroatoms. The summed E-state index contributed by atoms with van der Waals surface area (Å²) < 4.78 is 1.97. The molecule has 1 amide bonds. The molecule has 0 saturated heterocycles. The third-order valence-electron chi connectivity index (χ3n) is 4.63. The molecule has 3 aromatic rings. The van der Waals surface area contributed by atoms with Crippen molar-refractivity contribution in [2.24, 2.45) is 0 Å². The van der Waals surface area contributed by atoms with Gasteiger partial charge in [-0.3, -0.25) is 14.7 Å². The van der Waals surface area contributed by atoms with Crippen molar-refractivity contribution in [3.63, 3.8) is 0 Å². The second kappa shape index (κ2) is 11.1. The summed E-state index contributed by atoms with van der Waals surface area (Å²) in [5.41, 5.74) is 2.15. The van der Waals surface area contributed by atoms with E-state index in [0.29, 0.717) is 16.8 Å². The lowest BCUT2D eigenvalue weighted by Gasteiger charge is -2.21. The zero-order valence-electron chi connectivity index (χ0n) is 18.0. The topological polar surface area (TPSA) is 88.8 Å². The van der Waals surface area contributed by atoms with E-state index in [4.69, 9.17) is 0 Å². The Morgan fingerprint density at radius 2 is 1.90 bits per heavy atom. The lowest BCUT2D eigenvalue weighted by molar-refractivity contribution is -0.113. The van der Waals surface area contributed by atoms with Gasteiger partial charge in [0.05, 0.1) is 5.75 Å². The van der Waals surface area contributed by atoms with Crippen LogP contribution in [0.25, 0.3) is 11.4 Å². The fraction of sp³-hybridized carbons (Fsp3) is 0.381. The van der Waals surface area contributed by atoms with Gasteiger partial charge >= 0.3 is 0 Å². The molecule has 2 heterocycles. The Labute approximate surface area is 190 Å². The van der Waals surface area contributed by atoms with Gasteiger partial charge in [-0.15, -0.1) is 27.0 Å². The van der Waals surface area contributed by atoms with Crippen LogP contribution in [0, 0.1) is 0 Å². The third-order valence-corrected chi connectivity index (χ3v) is 6.58. The molecular formula is C21H27N7OS2. The smallest absolute Gasteiger partial charge is 0.236 e. The number of aromatic nitrogens is 5. The summed E-state index contributed by atoms with van der Waals surface area (Å²) in [5, 5.41) is 21.6. The van der Waals surface area contributed by atoms with Gasteiger partial charge in [-0.05, 0) is 44.5 Å². The zero-order chi connectivity index (χ0) is 22.2. The van der Waals surface area contributed by atoms with Gasteiger partial charge in [0.2, 0.25) is 11.0 Å². The monoisotopic (exact) mass is 457 g/mol. The molecule has 31 heavy (non-hydrogen) atoms. The highest BCUT2D eigenvalue weighted by atomic mass is 32.2. The highest BCUT2D eigenvalue weighted by Crippen LogP contribution is 2.26. The van der Waals surface area contributed by atoms with Crippen LogP contribution in [0.15, 0.2) is 42.1 Å². The normalized spacial score (nSPS) is 10.8. The Balaban J connectivity index is 1.71. The molecule has 0 bridgehead atoms. The van der Waals surface area contributed by atoms with E-state index in [1.54, 1.807) is 6.08 Å². The first-order valence-corrected chi connectivity index (χ1v) is 12.0. The van der Waals surface area contributed by atoms with E-state index in [-0.39, 0.29) is 11.7 Å². The molecule has 0 atom stereocenters. The quantitative estimate of drug-likeness (QED) is 0.342. The minimum Gasteiger partial charge on any atom is -0.372 e. The molecule has 8 nitrogen and oxygen atoms in total. The van der Waals surface area contributed by atoms with E-state index in [1.165, 1.54) is 28.8 Å². The fourth-order valence-electron chi connectivity index (χ4n) is 3.05. The van der Waals surface area contributed by atoms with Gasteiger partial charge in [0.1, 0.15) is 5.01 Å². The summed E-state index contributed by atoms with van der Waals surface area (Å²) in [5.74, 6) is 0.810. The van der Waals surface area contributed by atoms with Gasteiger partial charge in [0.15, 0.2) is 11.0 Å². The average molecular weight is 458 g/mol. The van der Waals surface area contributed by atoms with Crippen molar-refractivity contribution in [1.82, 2.24) is 25.0 Å². The van der Waals surface area contributed by atoms with Crippen LogP contribution in [0.4, 0.5) is 10.8 Å². The Bertz CT molecular complexity index is 1010. The molecule has 0 aliphatic rings. The Morgan fingerprint density at radius 1 is 1.16 bits per heavy atom. The number of nitrogens with zero attached hydrogens (tertiary/aromatic N) is 6. The maximum Gasteiger partial charge on any atom is 0.236 e. The number of hydrogen-bond donors (Lipinski definition) is 1. The maximum atomic E-state index is 12.3. The molecule has 0 unspecified atom stereocenters. The number of aryl methyl sites for hydroxylation is 1. The molecule has 3 rings (SSSR count). The van der Waals surface area contributed by atoms with Crippen LogP contribution in [-0.4, -0.2) is 49.7 Å². The van der Waals surface area contributed by atoms with Gasteiger partial charge < -0.3 is 4.90 Å².